The van der Waals surface area contributed by atoms with Crippen LogP contribution in [0.25, 0.3) is 11.1 Å². The molecule has 194 valence electrons. The van der Waals surface area contributed by atoms with E-state index in [9.17, 15) is 8.42 Å². The van der Waals surface area contributed by atoms with Crippen molar-refractivity contribution in [1.29, 1.82) is 0 Å². The Bertz CT molecular complexity index is 1250. The average Bonchev–Trinajstić information content (AvgIpc) is 2.88. The molecular formula is C27H33BrClN3O3S. The Morgan fingerprint density at radius 1 is 1.25 bits per heavy atom. The summed E-state index contributed by atoms with van der Waals surface area (Å²) in [6.45, 7) is 8.03. The van der Waals surface area contributed by atoms with Gasteiger partial charge < -0.3 is 20.7 Å². The molecule has 9 heteroatoms. The van der Waals surface area contributed by atoms with Crippen molar-refractivity contribution in [2.75, 3.05) is 37.8 Å². The normalized spacial score (nSPS) is 16.4. The van der Waals surface area contributed by atoms with E-state index < -0.39 is 9.84 Å². The van der Waals surface area contributed by atoms with E-state index in [0.29, 0.717) is 44.2 Å². The quantitative estimate of drug-likeness (QED) is 0.323. The molecule has 1 saturated heterocycles. The molecule has 0 atom stereocenters. The fourth-order valence-electron chi connectivity index (χ4n) is 3.87. The van der Waals surface area contributed by atoms with Crippen molar-refractivity contribution in [2.24, 2.45) is 11.7 Å². The van der Waals surface area contributed by atoms with Gasteiger partial charge in [0, 0.05) is 5.03 Å². The molecule has 2 aromatic carbocycles. The molecule has 0 unspecified atom stereocenters. The van der Waals surface area contributed by atoms with Crippen molar-refractivity contribution in [3.63, 3.8) is 0 Å². The van der Waals surface area contributed by atoms with Gasteiger partial charge in [-0.25, -0.2) is 8.42 Å². The van der Waals surface area contributed by atoms with Crippen LogP contribution in [0.1, 0.15) is 19.8 Å². The van der Waals surface area contributed by atoms with E-state index in [1.165, 1.54) is 6.08 Å². The summed E-state index contributed by atoms with van der Waals surface area (Å²) in [5, 5.41) is 3.66. The largest absolute Gasteiger partial charge is 0.491 e. The van der Waals surface area contributed by atoms with Crippen LogP contribution in [0.5, 0.6) is 5.75 Å². The number of likely N-dealkylation sites (tertiary alicyclic amines) is 1. The van der Waals surface area contributed by atoms with Crippen molar-refractivity contribution in [3.8, 4) is 16.9 Å². The molecule has 1 aliphatic rings. The van der Waals surface area contributed by atoms with E-state index in [2.05, 4.69) is 39.8 Å². The van der Waals surface area contributed by atoms with Crippen LogP contribution in [-0.2, 0) is 9.84 Å². The molecule has 1 aliphatic heterocycles. The maximum Gasteiger partial charge on any atom is 0.178 e. The minimum absolute atomic E-state index is 0.0448. The molecule has 36 heavy (non-hydrogen) atoms. The van der Waals surface area contributed by atoms with Gasteiger partial charge in [0.1, 0.15) is 11.6 Å². The summed E-state index contributed by atoms with van der Waals surface area (Å²) in [7, 11) is -1.18. The second-order valence-electron chi connectivity index (χ2n) is 8.82. The van der Waals surface area contributed by atoms with Gasteiger partial charge in [0.05, 0.1) is 27.4 Å². The number of anilines is 1. The minimum Gasteiger partial charge on any atom is -0.491 e. The minimum atomic E-state index is -3.32. The SMILES string of the molecule is C=C/C(Cl)=C\C(Br)=C(/N)Nc1cc(-c2cccc(S(=O)(=O)CC)c2)ccc1OCC1CCN(C)CC1. The smallest absolute Gasteiger partial charge is 0.178 e. The Balaban J connectivity index is 1.95. The fraction of sp³-hybridized carbons (Fsp3) is 0.333. The summed E-state index contributed by atoms with van der Waals surface area (Å²) >= 11 is 9.52. The lowest BCUT2D eigenvalue weighted by Gasteiger charge is -2.29. The van der Waals surface area contributed by atoms with Gasteiger partial charge in [0.2, 0.25) is 0 Å². The van der Waals surface area contributed by atoms with Gasteiger partial charge >= 0.3 is 0 Å². The van der Waals surface area contributed by atoms with Crippen LogP contribution in [0.4, 0.5) is 5.69 Å². The fourth-order valence-corrected chi connectivity index (χ4v) is 5.38. The zero-order valence-corrected chi connectivity index (χ0v) is 23.8. The third kappa shape index (κ3) is 7.62. The summed E-state index contributed by atoms with van der Waals surface area (Å²) in [5.41, 5.74) is 8.59. The second kappa shape index (κ2) is 12.8. The first-order chi connectivity index (χ1) is 17.1. The van der Waals surface area contributed by atoms with Crippen LogP contribution in [0.15, 0.2) is 81.4 Å². The highest BCUT2D eigenvalue weighted by molar-refractivity contribution is 9.11. The molecule has 0 spiro atoms. The molecule has 0 amide bonds. The van der Waals surface area contributed by atoms with Crippen LogP contribution >= 0.6 is 27.5 Å². The Morgan fingerprint density at radius 2 is 1.94 bits per heavy atom. The number of hydrogen-bond acceptors (Lipinski definition) is 6. The Morgan fingerprint density at radius 3 is 2.61 bits per heavy atom. The van der Waals surface area contributed by atoms with Gasteiger partial charge in [0.15, 0.2) is 9.84 Å². The van der Waals surface area contributed by atoms with E-state index in [4.69, 9.17) is 22.1 Å². The Labute approximate surface area is 227 Å². The molecule has 1 fully saturated rings. The molecule has 0 bridgehead atoms. The summed E-state index contributed by atoms with van der Waals surface area (Å²) < 4.78 is 31.6. The van der Waals surface area contributed by atoms with Gasteiger partial charge in [-0.3, -0.25) is 0 Å². The van der Waals surface area contributed by atoms with Crippen molar-refractivity contribution in [3.05, 3.63) is 76.5 Å². The number of nitrogens with one attached hydrogen (secondary N) is 1. The van der Waals surface area contributed by atoms with Gasteiger partial charge in [-0.1, -0.05) is 49.4 Å². The van der Waals surface area contributed by atoms with Crippen molar-refractivity contribution in [1.82, 2.24) is 4.90 Å². The summed E-state index contributed by atoms with van der Waals surface area (Å²) in [4.78, 5) is 2.63. The molecule has 1 heterocycles. The lowest BCUT2D eigenvalue weighted by molar-refractivity contribution is 0.160. The number of allylic oxidation sites excluding steroid dienone is 4. The van der Waals surface area contributed by atoms with Gasteiger partial charge in [-0.05, 0) is 96.3 Å². The zero-order chi connectivity index (χ0) is 26.3. The predicted octanol–water partition coefficient (Wildman–Crippen LogP) is 6.11. The van der Waals surface area contributed by atoms with Crippen molar-refractivity contribution in [2.45, 2.75) is 24.7 Å². The van der Waals surface area contributed by atoms with Crippen molar-refractivity contribution < 1.29 is 13.2 Å². The number of nitrogens with two attached hydrogens (primary N) is 1. The Kier molecular flexibility index (Phi) is 10.1. The molecule has 0 saturated carbocycles. The van der Waals surface area contributed by atoms with Crippen LogP contribution in [0.3, 0.4) is 0 Å². The highest BCUT2D eigenvalue weighted by atomic mass is 79.9. The van der Waals surface area contributed by atoms with Crippen LogP contribution in [0, 0.1) is 5.92 Å². The van der Waals surface area contributed by atoms with E-state index in [1.54, 1.807) is 31.2 Å². The van der Waals surface area contributed by atoms with Crippen LogP contribution in [0.2, 0.25) is 0 Å². The van der Waals surface area contributed by atoms with E-state index in [0.717, 1.165) is 37.1 Å². The number of nitrogens with zero attached hydrogens (tertiary/aromatic N) is 1. The Hall–Kier alpha value is -2.26. The molecule has 2 aromatic rings. The van der Waals surface area contributed by atoms with Crippen molar-refractivity contribution >= 4 is 43.1 Å². The summed E-state index contributed by atoms with van der Waals surface area (Å²) in [5.74, 6) is 1.54. The van der Waals surface area contributed by atoms with Gasteiger partial charge in [-0.15, -0.1) is 0 Å². The maximum atomic E-state index is 12.4. The third-order valence-corrected chi connectivity index (χ3v) is 8.84. The van der Waals surface area contributed by atoms with E-state index in [1.807, 2.05) is 24.3 Å². The molecule has 0 aliphatic carbocycles. The molecular weight excluding hydrogens is 562 g/mol. The molecule has 6 nitrogen and oxygen atoms in total. The standard InChI is InChI=1S/C27H33BrClN3O3S/c1-4-22(29)17-24(28)27(30)31-25-16-21(20-7-6-8-23(15-20)36(33,34)5-2)9-10-26(25)35-18-19-11-13-32(3)14-12-19/h4,6-10,15-17,19,31H,1,5,11-14,18,30H2,2-3H3/b22-17+,27-24-. The first kappa shape index (κ1) is 28.3. The third-order valence-electron chi connectivity index (χ3n) is 6.19. The predicted molar refractivity (Wildman–Crippen MR) is 153 cm³/mol. The molecule has 3 rings (SSSR count). The molecule has 3 N–H and O–H groups in total. The average molecular weight is 595 g/mol. The zero-order valence-electron chi connectivity index (χ0n) is 20.6. The topological polar surface area (TPSA) is 84.7 Å². The first-order valence-corrected chi connectivity index (χ1v) is 14.7. The summed E-state index contributed by atoms with van der Waals surface area (Å²) in [6, 6.07) is 12.7. The number of sulfone groups is 1. The highest BCUT2D eigenvalue weighted by Crippen LogP contribution is 2.34. The number of benzene rings is 2. The number of rotatable bonds is 10. The van der Waals surface area contributed by atoms with Gasteiger partial charge in [0.25, 0.3) is 0 Å². The highest BCUT2D eigenvalue weighted by Gasteiger charge is 2.19. The van der Waals surface area contributed by atoms with Crippen LogP contribution < -0.4 is 15.8 Å². The van der Waals surface area contributed by atoms with Crippen LogP contribution in [-0.4, -0.2) is 45.8 Å². The lowest BCUT2D eigenvalue weighted by atomic mass is 9.98. The summed E-state index contributed by atoms with van der Waals surface area (Å²) in [6.07, 6.45) is 5.35. The molecule has 0 aromatic heterocycles. The first-order valence-electron chi connectivity index (χ1n) is 11.8. The van der Waals surface area contributed by atoms with Gasteiger partial charge in [-0.2, -0.15) is 0 Å². The van der Waals surface area contributed by atoms with E-state index in [-0.39, 0.29) is 5.75 Å². The second-order valence-corrected chi connectivity index (χ2v) is 12.4. The number of piperidine rings is 1. The molecule has 0 radical (unpaired) electrons. The number of halogens is 2. The monoisotopic (exact) mass is 593 g/mol. The maximum absolute atomic E-state index is 12.4. The number of hydrogen-bond donors (Lipinski definition) is 2. The number of ether oxygens (including phenoxy) is 1. The lowest BCUT2D eigenvalue weighted by Crippen LogP contribution is -2.32. The van der Waals surface area contributed by atoms with E-state index >= 15 is 0 Å².